The molecule has 3 amide bonds. The van der Waals surface area contributed by atoms with Crippen LogP contribution in [0, 0.1) is 25.7 Å². The Morgan fingerprint density at radius 2 is 1.43 bits per heavy atom. The van der Waals surface area contributed by atoms with Gasteiger partial charge in [-0.3, -0.25) is 24.2 Å². The van der Waals surface area contributed by atoms with Gasteiger partial charge in [0.1, 0.15) is 16.4 Å². The van der Waals surface area contributed by atoms with Crippen molar-refractivity contribution in [3.8, 4) is 0 Å². The molecule has 2 fully saturated rings. The molecule has 0 N–H and O–H groups in total. The number of thiocarbonyl (C=S) groups is 1. The highest BCUT2D eigenvalue weighted by molar-refractivity contribution is 8.29. The number of ether oxygens (including phenoxy) is 2. The largest absolute Gasteiger partial charge is 0.465 e. The van der Waals surface area contributed by atoms with Crippen LogP contribution in [0.3, 0.4) is 0 Å². The molecular formula is C30H32N2O7S3. The van der Waals surface area contributed by atoms with Crippen molar-refractivity contribution in [1.82, 2.24) is 4.90 Å². The maximum atomic E-state index is 14.1. The number of likely N-dealkylation sites (tertiary alicyclic amines) is 1. The Bertz CT molecular complexity index is 1470. The Morgan fingerprint density at radius 1 is 0.929 bits per heavy atom. The van der Waals surface area contributed by atoms with Gasteiger partial charge in [-0.05, 0) is 63.8 Å². The number of carbonyl (C=O) groups excluding carboxylic acids is 5. The molecule has 1 saturated carbocycles. The zero-order chi connectivity index (χ0) is 30.7. The van der Waals surface area contributed by atoms with Gasteiger partial charge in [0, 0.05) is 11.1 Å². The highest BCUT2D eigenvalue weighted by Gasteiger charge is 2.51. The number of hydrogen-bond donors (Lipinski definition) is 0. The normalized spacial score (nSPS) is 23.3. The highest BCUT2D eigenvalue weighted by Crippen LogP contribution is 2.56. The minimum Gasteiger partial charge on any atom is -0.465 e. The van der Waals surface area contributed by atoms with E-state index in [4.69, 9.17) is 21.7 Å². The van der Waals surface area contributed by atoms with E-state index >= 15 is 0 Å². The van der Waals surface area contributed by atoms with Crippen molar-refractivity contribution in [2.45, 2.75) is 58.9 Å². The van der Waals surface area contributed by atoms with Gasteiger partial charge >= 0.3 is 11.9 Å². The Balaban J connectivity index is 1.59. The number of thioether (sulfide) groups is 2. The zero-order valence-corrected chi connectivity index (χ0v) is 26.8. The van der Waals surface area contributed by atoms with Gasteiger partial charge < -0.3 is 9.47 Å². The number of fused-ring (bicyclic) bond motifs is 2. The van der Waals surface area contributed by atoms with E-state index in [1.807, 2.05) is 39.8 Å². The van der Waals surface area contributed by atoms with Gasteiger partial charge in [0.15, 0.2) is 0 Å². The van der Waals surface area contributed by atoms with Gasteiger partial charge in [-0.25, -0.2) is 9.59 Å². The molecule has 4 aliphatic rings. The van der Waals surface area contributed by atoms with Crippen molar-refractivity contribution in [2.24, 2.45) is 11.8 Å². The van der Waals surface area contributed by atoms with Crippen molar-refractivity contribution in [1.29, 1.82) is 0 Å². The molecule has 9 nitrogen and oxygen atoms in total. The zero-order valence-electron chi connectivity index (χ0n) is 24.3. The molecule has 2 atom stereocenters. The molecule has 222 valence electrons. The monoisotopic (exact) mass is 628 g/mol. The van der Waals surface area contributed by atoms with Crippen molar-refractivity contribution in [2.75, 3.05) is 25.7 Å². The second-order valence-corrected chi connectivity index (χ2v) is 14.0. The maximum absolute atomic E-state index is 14.1. The summed E-state index contributed by atoms with van der Waals surface area (Å²) in [4.78, 5) is 69.1. The standard InChI is InChI=1S/C30H32N2O7S3/c1-14-11-18-19(12-15(14)2)32(20(33)13-31-25(34)16-9-7-8-10-17(16)26(31)35)30(3,4)24(40)21(18)29-41-22(27(36)38-5)23(42-29)28(37)39-6/h11-12,16-17H,7-10,13H2,1-6H3/t16-,17+. The minimum absolute atomic E-state index is 0.105. The molecule has 1 aromatic carbocycles. The summed E-state index contributed by atoms with van der Waals surface area (Å²) < 4.78 is 10.4. The second-order valence-electron chi connectivity index (χ2n) is 11.3. The first-order valence-electron chi connectivity index (χ1n) is 13.7. The molecule has 42 heavy (non-hydrogen) atoms. The Hall–Kier alpha value is -2.96. The first-order chi connectivity index (χ1) is 19.8. The summed E-state index contributed by atoms with van der Waals surface area (Å²) in [5.41, 5.74) is 2.71. The number of rotatable bonds is 4. The lowest BCUT2D eigenvalue weighted by atomic mass is 9.81. The predicted molar refractivity (Wildman–Crippen MR) is 165 cm³/mol. The quantitative estimate of drug-likeness (QED) is 0.202. The van der Waals surface area contributed by atoms with Gasteiger partial charge in [0.05, 0.1) is 46.4 Å². The van der Waals surface area contributed by atoms with Crippen molar-refractivity contribution < 1.29 is 33.4 Å². The summed E-state index contributed by atoms with van der Waals surface area (Å²) in [5, 5.41) is 0. The Kier molecular flexibility index (Phi) is 8.19. The van der Waals surface area contributed by atoms with Gasteiger partial charge in [0.25, 0.3) is 0 Å². The number of imide groups is 1. The van der Waals surface area contributed by atoms with E-state index in [0.29, 0.717) is 38.8 Å². The molecular weight excluding hydrogens is 597 g/mol. The molecule has 1 saturated heterocycles. The topological polar surface area (TPSA) is 110 Å². The summed E-state index contributed by atoms with van der Waals surface area (Å²) in [5.74, 6) is -2.97. The lowest BCUT2D eigenvalue weighted by molar-refractivity contribution is -0.143. The number of hydrogen-bond acceptors (Lipinski definition) is 10. The summed E-state index contributed by atoms with van der Waals surface area (Å²) in [7, 11) is 2.48. The number of aryl methyl sites for hydroxylation is 2. The molecule has 0 aromatic heterocycles. The molecule has 3 heterocycles. The number of amides is 3. The molecule has 1 aliphatic carbocycles. The number of anilines is 1. The minimum atomic E-state index is -1.05. The average molecular weight is 629 g/mol. The van der Waals surface area contributed by atoms with Crippen LogP contribution in [0.15, 0.2) is 26.2 Å². The molecule has 0 bridgehead atoms. The molecule has 0 spiro atoms. The molecule has 3 aliphatic heterocycles. The first-order valence-corrected chi connectivity index (χ1v) is 15.7. The lowest BCUT2D eigenvalue weighted by Crippen LogP contribution is -2.58. The number of carbonyl (C=O) groups is 5. The third-order valence-corrected chi connectivity index (χ3v) is 11.7. The first kappa shape index (κ1) is 30.5. The van der Waals surface area contributed by atoms with E-state index in [-0.39, 0.29) is 40.0 Å². The molecule has 0 unspecified atom stereocenters. The molecule has 5 rings (SSSR count). The van der Waals surface area contributed by atoms with E-state index in [0.717, 1.165) is 52.4 Å². The van der Waals surface area contributed by atoms with E-state index in [1.54, 1.807) is 4.90 Å². The second kappa shape index (κ2) is 11.3. The SMILES string of the molecule is COC(=O)C1=C(C(=O)OC)SC(=C2C(=S)C(C)(C)N(C(=O)CN3C(=O)[C@H]4CCCC[C@H]4C3=O)c3cc(C)c(C)cc32)S1. The molecule has 12 heteroatoms. The van der Waals surface area contributed by atoms with E-state index in [1.165, 1.54) is 14.2 Å². The fraction of sp³-hybridized carbons (Fsp3) is 0.467. The van der Waals surface area contributed by atoms with E-state index in [9.17, 15) is 24.0 Å². The van der Waals surface area contributed by atoms with Gasteiger partial charge in [-0.2, -0.15) is 0 Å². The van der Waals surface area contributed by atoms with Crippen LogP contribution in [0.2, 0.25) is 0 Å². The van der Waals surface area contributed by atoms with Crippen molar-refractivity contribution in [3.63, 3.8) is 0 Å². The van der Waals surface area contributed by atoms with Crippen molar-refractivity contribution in [3.05, 3.63) is 42.9 Å². The summed E-state index contributed by atoms with van der Waals surface area (Å²) in [6, 6.07) is 3.84. The van der Waals surface area contributed by atoms with Gasteiger partial charge in [-0.1, -0.05) is 48.6 Å². The van der Waals surface area contributed by atoms with E-state index in [2.05, 4.69) is 0 Å². The Labute approximate surface area is 258 Å². The van der Waals surface area contributed by atoms with Crippen molar-refractivity contribution >= 4 is 81.5 Å². The molecule has 0 radical (unpaired) electrons. The van der Waals surface area contributed by atoms with Crippen LogP contribution in [-0.4, -0.2) is 65.7 Å². The van der Waals surface area contributed by atoms with Crippen LogP contribution < -0.4 is 4.90 Å². The summed E-state index contributed by atoms with van der Waals surface area (Å²) >= 11 is 8.22. The van der Waals surface area contributed by atoms with Crippen LogP contribution >= 0.6 is 35.7 Å². The van der Waals surface area contributed by atoms with Gasteiger partial charge in [-0.15, -0.1) is 0 Å². The van der Waals surface area contributed by atoms with Crippen LogP contribution in [0.25, 0.3) is 5.57 Å². The van der Waals surface area contributed by atoms with E-state index < -0.39 is 23.4 Å². The van der Waals surface area contributed by atoms with Gasteiger partial charge in [0.2, 0.25) is 17.7 Å². The number of esters is 2. The van der Waals surface area contributed by atoms with Crippen LogP contribution in [-0.2, 0) is 33.4 Å². The number of nitrogens with zero attached hydrogens (tertiary/aromatic N) is 2. The third kappa shape index (κ3) is 4.81. The third-order valence-electron chi connectivity index (χ3n) is 8.48. The predicted octanol–water partition coefficient (Wildman–Crippen LogP) is 4.68. The fourth-order valence-electron chi connectivity index (χ4n) is 6.11. The smallest absolute Gasteiger partial charge is 0.346 e. The fourth-order valence-corrected chi connectivity index (χ4v) is 9.15. The molecule has 1 aromatic rings. The summed E-state index contributed by atoms with van der Waals surface area (Å²) in [6.07, 6.45) is 3.14. The lowest BCUT2D eigenvalue weighted by Gasteiger charge is -2.46. The number of benzene rings is 1. The van der Waals surface area contributed by atoms with Crippen LogP contribution in [0.1, 0.15) is 56.2 Å². The van der Waals surface area contributed by atoms with Crippen LogP contribution in [0.5, 0.6) is 0 Å². The maximum Gasteiger partial charge on any atom is 0.346 e. The number of methoxy groups -OCH3 is 2. The van der Waals surface area contributed by atoms with Crippen LogP contribution in [0.4, 0.5) is 5.69 Å². The Morgan fingerprint density at radius 3 is 1.93 bits per heavy atom. The average Bonchev–Trinajstić information content (AvgIpc) is 3.50. The highest BCUT2D eigenvalue weighted by atomic mass is 32.2. The summed E-state index contributed by atoms with van der Waals surface area (Å²) in [6.45, 7) is 7.16.